The van der Waals surface area contributed by atoms with Crippen LogP contribution in [0.1, 0.15) is 17.3 Å². The number of benzene rings is 2. The minimum absolute atomic E-state index is 0.0139. The van der Waals surface area contributed by atoms with Crippen LogP contribution >= 0.6 is 23.2 Å². The highest BCUT2D eigenvalue weighted by atomic mass is 35.5. The molecule has 0 saturated heterocycles. The summed E-state index contributed by atoms with van der Waals surface area (Å²) < 4.78 is 15.0. The van der Waals surface area contributed by atoms with Crippen LogP contribution in [0.5, 0.6) is 0 Å². The maximum atomic E-state index is 13.4. The van der Waals surface area contributed by atoms with Gasteiger partial charge in [-0.15, -0.1) is 0 Å². The molecule has 3 aromatic rings. The molecule has 1 atom stereocenters. The fourth-order valence-electron chi connectivity index (χ4n) is 2.61. The third kappa shape index (κ3) is 4.37. The minimum atomic E-state index is -1.09. The molecule has 2 N–H and O–H groups in total. The first-order chi connectivity index (χ1) is 12.8. The Balaban J connectivity index is 1.83. The average Bonchev–Trinajstić information content (AvgIpc) is 3.03. The quantitative estimate of drug-likeness (QED) is 0.635. The Bertz CT molecular complexity index is 970. The van der Waals surface area contributed by atoms with Gasteiger partial charge in [0, 0.05) is 6.54 Å². The van der Waals surface area contributed by atoms with E-state index in [4.69, 9.17) is 23.2 Å². The number of carboxylic acid groups (broad SMARTS) is 1. The lowest BCUT2D eigenvalue weighted by molar-refractivity contribution is -0.138. The van der Waals surface area contributed by atoms with Crippen LogP contribution in [-0.4, -0.2) is 32.4 Å². The first kappa shape index (κ1) is 19.1. The Kier molecular flexibility index (Phi) is 5.62. The standard InChI is InChI=1S/C18H15Cl2FN4O2/c1-10-23-9-25(24-10)13-6-15(19)17(16(20)7-13)22-8-14(18(26)27)11-3-2-4-12(21)5-11/h2-7,9,14,22H,8H2,1H3,(H,26,27). The first-order valence-corrected chi connectivity index (χ1v) is 8.70. The van der Waals surface area contributed by atoms with Crippen molar-refractivity contribution in [3.63, 3.8) is 0 Å². The van der Waals surface area contributed by atoms with Gasteiger partial charge in [0.2, 0.25) is 0 Å². The molecule has 1 unspecified atom stereocenters. The predicted octanol–water partition coefficient (Wildman–Crippen LogP) is 4.30. The second-order valence-corrected chi connectivity index (χ2v) is 6.66. The number of nitrogens with zero attached hydrogens (tertiary/aromatic N) is 3. The van der Waals surface area contributed by atoms with Gasteiger partial charge in [0.15, 0.2) is 0 Å². The van der Waals surface area contributed by atoms with E-state index in [0.29, 0.717) is 32.8 Å². The maximum Gasteiger partial charge on any atom is 0.312 e. The predicted molar refractivity (Wildman–Crippen MR) is 101 cm³/mol. The number of aryl methyl sites for hydroxylation is 1. The summed E-state index contributed by atoms with van der Waals surface area (Å²) in [5, 5.41) is 17.2. The molecule has 140 valence electrons. The Labute approximate surface area is 164 Å². The molecule has 2 aromatic carbocycles. The fraction of sp³-hybridized carbons (Fsp3) is 0.167. The summed E-state index contributed by atoms with van der Waals surface area (Å²) in [4.78, 5) is 15.6. The third-order valence-electron chi connectivity index (χ3n) is 3.93. The van der Waals surface area contributed by atoms with Gasteiger partial charge in [-0.05, 0) is 36.8 Å². The lowest BCUT2D eigenvalue weighted by Crippen LogP contribution is -2.21. The number of nitrogens with one attached hydrogen (secondary N) is 1. The number of halogens is 3. The van der Waals surface area contributed by atoms with Crippen LogP contribution in [-0.2, 0) is 4.79 Å². The monoisotopic (exact) mass is 408 g/mol. The van der Waals surface area contributed by atoms with Crippen LogP contribution in [0.4, 0.5) is 10.1 Å². The zero-order chi connectivity index (χ0) is 19.6. The molecule has 27 heavy (non-hydrogen) atoms. The highest BCUT2D eigenvalue weighted by molar-refractivity contribution is 6.39. The third-order valence-corrected chi connectivity index (χ3v) is 4.53. The van der Waals surface area contributed by atoms with Crippen molar-refractivity contribution in [3.8, 4) is 5.69 Å². The molecule has 1 aromatic heterocycles. The second-order valence-electron chi connectivity index (χ2n) is 5.85. The molecule has 0 aliphatic heterocycles. The molecule has 0 radical (unpaired) electrons. The molecular weight excluding hydrogens is 394 g/mol. The van der Waals surface area contributed by atoms with E-state index in [1.165, 1.54) is 29.2 Å². The maximum absolute atomic E-state index is 13.4. The van der Waals surface area contributed by atoms with E-state index < -0.39 is 17.7 Å². The summed E-state index contributed by atoms with van der Waals surface area (Å²) in [6.07, 6.45) is 1.54. The van der Waals surface area contributed by atoms with Gasteiger partial charge in [0.1, 0.15) is 18.0 Å². The van der Waals surface area contributed by atoms with Gasteiger partial charge in [-0.25, -0.2) is 14.1 Å². The van der Waals surface area contributed by atoms with Crippen molar-refractivity contribution in [2.75, 3.05) is 11.9 Å². The van der Waals surface area contributed by atoms with Gasteiger partial charge in [-0.2, -0.15) is 5.10 Å². The van der Waals surface area contributed by atoms with E-state index in [1.54, 1.807) is 25.1 Å². The van der Waals surface area contributed by atoms with E-state index in [1.807, 2.05) is 0 Å². The van der Waals surface area contributed by atoms with E-state index in [2.05, 4.69) is 15.4 Å². The lowest BCUT2D eigenvalue weighted by atomic mass is 9.99. The molecule has 6 nitrogen and oxygen atoms in total. The number of hydrogen-bond acceptors (Lipinski definition) is 4. The lowest BCUT2D eigenvalue weighted by Gasteiger charge is -2.17. The fourth-order valence-corrected chi connectivity index (χ4v) is 3.22. The van der Waals surface area contributed by atoms with Crippen molar-refractivity contribution >= 4 is 34.9 Å². The number of aromatic nitrogens is 3. The van der Waals surface area contributed by atoms with E-state index >= 15 is 0 Å². The molecule has 0 fully saturated rings. The summed E-state index contributed by atoms with van der Waals surface area (Å²) in [6, 6.07) is 8.76. The molecular formula is C18H15Cl2FN4O2. The van der Waals surface area contributed by atoms with Crippen molar-refractivity contribution in [1.82, 2.24) is 14.8 Å². The van der Waals surface area contributed by atoms with Crippen molar-refractivity contribution in [3.05, 3.63) is 70.0 Å². The van der Waals surface area contributed by atoms with Gasteiger partial charge in [-0.1, -0.05) is 35.3 Å². The molecule has 0 spiro atoms. The molecule has 0 aliphatic rings. The smallest absolute Gasteiger partial charge is 0.312 e. The van der Waals surface area contributed by atoms with Crippen LogP contribution in [0.3, 0.4) is 0 Å². The van der Waals surface area contributed by atoms with Crippen LogP contribution in [0, 0.1) is 12.7 Å². The zero-order valence-corrected chi connectivity index (χ0v) is 15.7. The molecule has 0 saturated carbocycles. The normalized spacial score (nSPS) is 12.0. The molecule has 0 bridgehead atoms. The largest absolute Gasteiger partial charge is 0.481 e. The molecule has 0 aliphatic carbocycles. The SMILES string of the molecule is Cc1ncn(-c2cc(Cl)c(NCC(C(=O)O)c3cccc(F)c3)c(Cl)c2)n1. The summed E-state index contributed by atoms with van der Waals surface area (Å²) >= 11 is 12.6. The summed E-state index contributed by atoms with van der Waals surface area (Å²) in [6.45, 7) is 1.74. The molecule has 1 heterocycles. The molecule has 9 heteroatoms. The number of hydrogen-bond donors (Lipinski definition) is 2. The number of aliphatic carboxylic acids is 1. The van der Waals surface area contributed by atoms with E-state index in [0.717, 1.165) is 0 Å². The van der Waals surface area contributed by atoms with E-state index in [-0.39, 0.29) is 6.54 Å². The van der Waals surface area contributed by atoms with Crippen molar-refractivity contribution in [1.29, 1.82) is 0 Å². The number of carbonyl (C=O) groups is 1. The van der Waals surface area contributed by atoms with Crippen LogP contribution in [0.25, 0.3) is 5.69 Å². The highest BCUT2D eigenvalue weighted by Crippen LogP contribution is 2.33. The number of anilines is 1. The Morgan fingerprint density at radius 1 is 1.30 bits per heavy atom. The Hall–Kier alpha value is -2.64. The van der Waals surface area contributed by atoms with Crippen LogP contribution in [0.2, 0.25) is 10.0 Å². The zero-order valence-electron chi connectivity index (χ0n) is 14.2. The minimum Gasteiger partial charge on any atom is -0.481 e. The van der Waals surface area contributed by atoms with Crippen LogP contribution < -0.4 is 5.32 Å². The summed E-state index contributed by atoms with van der Waals surface area (Å²) in [7, 11) is 0. The van der Waals surface area contributed by atoms with Crippen molar-refractivity contribution in [2.24, 2.45) is 0 Å². The molecule has 0 amide bonds. The average molecular weight is 409 g/mol. The van der Waals surface area contributed by atoms with Gasteiger partial charge in [0.05, 0.1) is 27.3 Å². The van der Waals surface area contributed by atoms with Gasteiger partial charge in [0.25, 0.3) is 0 Å². The topological polar surface area (TPSA) is 80.0 Å². The van der Waals surface area contributed by atoms with Crippen molar-refractivity contribution < 1.29 is 14.3 Å². The summed E-state index contributed by atoms with van der Waals surface area (Å²) in [5.41, 5.74) is 1.36. The number of rotatable bonds is 6. The Morgan fingerprint density at radius 2 is 2.00 bits per heavy atom. The van der Waals surface area contributed by atoms with Gasteiger partial charge >= 0.3 is 5.97 Å². The van der Waals surface area contributed by atoms with Gasteiger partial charge in [-0.3, -0.25) is 4.79 Å². The highest BCUT2D eigenvalue weighted by Gasteiger charge is 2.21. The van der Waals surface area contributed by atoms with E-state index in [9.17, 15) is 14.3 Å². The van der Waals surface area contributed by atoms with Crippen LogP contribution in [0.15, 0.2) is 42.7 Å². The molecule has 3 rings (SSSR count). The first-order valence-electron chi connectivity index (χ1n) is 7.95. The second kappa shape index (κ2) is 7.94. The van der Waals surface area contributed by atoms with Gasteiger partial charge < -0.3 is 10.4 Å². The number of carboxylic acids is 1. The van der Waals surface area contributed by atoms with Crippen molar-refractivity contribution in [2.45, 2.75) is 12.8 Å². The summed E-state index contributed by atoms with van der Waals surface area (Å²) in [5.74, 6) is -1.95. The Morgan fingerprint density at radius 3 is 2.56 bits per heavy atom.